The fourth-order valence-corrected chi connectivity index (χ4v) is 2.38. The van der Waals surface area contributed by atoms with Crippen molar-refractivity contribution in [1.82, 2.24) is 0 Å². The van der Waals surface area contributed by atoms with E-state index in [4.69, 9.17) is 10.5 Å². The van der Waals surface area contributed by atoms with Crippen LogP contribution in [-0.4, -0.2) is 0 Å². The highest BCUT2D eigenvalue weighted by molar-refractivity contribution is 5.06. The summed E-state index contributed by atoms with van der Waals surface area (Å²) < 4.78 is 0. The van der Waals surface area contributed by atoms with Crippen LogP contribution >= 0.6 is 0 Å². The molecule has 0 aliphatic heterocycles. The number of allylic oxidation sites excluding steroid dienone is 6. The predicted molar refractivity (Wildman–Crippen MR) is 98.5 cm³/mol. The lowest BCUT2D eigenvalue weighted by Gasteiger charge is -2.09. The molecule has 1 atom stereocenters. The van der Waals surface area contributed by atoms with Crippen molar-refractivity contribution < 1.29 is 0 Å². The maximum Gasteiger partial charge on any atom is 0.135 e. The molecular formula is C21H32N2. The van der Waals surface area contributed by atoms with Gasteiger partial charge in [-0.05, 0) is 72.1 Å². The fourth-order valence-electron chi connectivity index (χ4n) is 2.38. The second-order valence-electron chi connectivity index (χ2n) is 6.75. The van der Waals surface area contributed by atoms with Gasteiger partial charge in [0.05, 0.1) is 12.1 Å². The van der Waals surface area contributed by atoms with E-state index < -0.39 is 5.92 Å². The first-order valence-corrected chi connectivity index (χ1v) is 8.64. The van der Waals surface area contributed by atoms with Crippen LogP contribution in [-0.2, 0) is 0 Å². The molecule has 0 N–H and O–H groups in total. The Bertz CT molecular complexity index is 491. The summed E-state index contributed by atoms with van der Waals surface area (Å²) in [6.07, 6.45) is 13.2. The molecule has 0 amide bonds. The number of nitriles is 2. The maximum absolute atomic E-state index is 8.87. The maximum atomic E-state index is 8.87. The Balaban J connectivity index is 4.06. The van der Waals surface area contributed by atoms with E-state index in [1.165, 1.54) is 16.7 Å². The van der Waals surface area contributed by atoms with Gasteiger partial charge < -0.3 is 0 Å². The Morgan fingerprint density at radius 1 is 0.826 bits per heavy atom. The monoisotopic (exact) mass is 312 g/mol. The van der Waals surface area contributed by atoms with Crippen molar-refractivity contribution in [3.63, 3.8) is 0 Å². The first kappa shape index (κ1) is 21.2. The summed E-state index contributed by atoms with van der Waals surface area (Å²) in [5.74, 6) is -0.332. The van der Waals surface area contributed by atoms with Gasteiger partial charge in [-0.3, -0.25) is 0 Å². The molecule has 0 aromatic heterocycles. The minimum absolute atomic E-state index is 0.145. The zero-order chi connectivity index (χ0) is 17.7. The third kappa shape index (κ3) is 11.4. The minimum atomic E-state index is -0.477. The van der Waals surface area contributed by atoms with E-state index >= 15 is 0 Å². The third-order valence-electron chi connectivity index (χ3n) is 4.08. The first-order chi connectivity index (χ1) is 10.9. The molecule has 0 aromatic carbocycles. The molecular weight excluding hydrogens is 280 g/mol. The lowest BCUT2D eigenvalue weighted by Crippen LogP contribution is -2.06. The molecule has 0 bridgehead atoms. The van der Waals surface area contributed by atoms with E-state index in [0.717, 1.165) is 38.5 Å². The number of rotatable bonds is 10. The molecule has 0 spiro atoms. The van der Waals surface area contributed by atoms with Crippen LogP contribution in [0.25, 0.3) is 0 Å². The Morgan fingerprint density at radius 2 is 1.30 bits per heavy atom. The molecule has 0 aliphatic rings. The number of hydrogen-bond donors (Lipinski definition) is 0. The van der Waals surface area contributed by atoms with Crippen molar-refractivity contribution >= 4 is 0 Å². The summed E-state index contributed by atoms with van der Waals surface area (Å²) >= 11 is 0. The zero-order valence-electron chi connectivity index (χ0n) is 15.5. The number of nitrogens with zero attached hydrogens (tertiary/aromatic N) is 2. The van der Waals surface area contributed by atoms with Crippen molar-refractivity contribution in [3.8, 4) is 12.1 Å². The minimum Gasteiger partial charge on any atom is -0.197 e. The van der Waals surface area contributed by atoms with Gasteiger partial charge in [-0.1, -0.05) is 41.9 Å². The van der Waals surface area contributed by atoms with Crippen LogP contribution < -0.4 is 0 Å². The Labute approximate surface area is 143 Å². The smallest absolute Gasteiger partial charge is 0.135 e. The fraction of sp³-hybridized carbons (Fsp3) is 0.619. The summed E-state index contributed by atoms with van der Waals surface area (Å²) in [5, 5.41) is 17.7. The number of hydrogen-bond acceptors (Lipinski definition) is 2. The lowest BCUT2D eigenvalue weighted by molar-refractivity contribution is 0.479. The Hall–Kier alpha value is -1.80. The topological polar surface area (TPSA) is 47.6 Å². The summed E-state index contributed by atoms with van der Waals surface area (Å²) in [5.41, 5.74) is 4.26. The van der Waals surface area contributed by atoms with Gasteiger partial charge >= 0.3 is 0 Å². The quantitative estimate of drug-likeness (QED) is 0.433. The van der Waals surface area contributed by atoms with Gasteiger partial charge in [-0.2, -0.15) is 10.5 Å². The van der Waals surface area contributed by atoms with E-state index in [-0.39, 0.29) is 5.92 Å². The molecule has 2 nitrogen and oxygen atoms in total. The highest BCUT2D eigenvalue weighted by Crippen LogP contribution is 2.18. The first-order valence-electron chi connectivity index (χ1n) is 8.64. The predicted octanol–water partition coefficient (Wildman–Crippen LogP) is 6.49. The van der Waals surface area contributed by atoms with Crippen LogP contribution in [0.15, 0.2) is 34.9 Å². The second kappa shape index (κ2) is 12.7. The molecule has 0 saturated carbocycles. The largest absolute Gasteiger partial charge is 0.197 e. The van der Waals surface area contributed by atoms with E-state index in [2.05, 4.69) is 58.1 Å². The average Bonchev–Trinajstić information content (AvgIpc) is 2.48. The van der Waals surface area contributed by atoms with Crippen LogP contribution in [0.2, 0.25) is 0 Å². The van der Waals surface area contributed by atoms with Crippen molar-refractivity contribution in [2.75, 3.05) is 0 Å². The summed E-state index contributed by atoms with van der Waals surface area (Å²) in [7, 11) is 0. The SMILES string of the molecule is CC(C)=CCC/C(C)=C/CC/C(C)=C/CCC(C)C(C#N)C#N. The molecule has 0 fully saturated rings. The molecule has 0 aromatic rings. The average molecular weight is 313 g/mol. The molecule has 126 valence electrons. The van der Waals surface area contributed by atoms with Gasteiger partial charge in [0.2, 0.25) is 0 Å². The molecule has 0 saturated heterocycles. The molecule has 0 radical (unpaired) electrons. The highest BCUT2D eigenvalue weighted by Gasteiger charge is 2.14. The van der Waals surface area contributed by atoms with Crippen molar-refractivity contribution in [3.05, 3.63) is 34.9 Å². The van der Waals surface area contributed by atoms with Crippen LogP contribution in [0.4, 0.5) is 0 Å². The van der Waals surface area contributed by atoms with Gasteiger partial charge in [0.25, 0.3) is 0 Å². The van der Waals surface area contributed by atoms with E-state index in [1.807, 2.05) is 6.92 Å². The van der Waals surface area contributed by atoms with Crippen LogP contribution in [0.1, 0.15) is 73.1 Å². The highest BCUT2D eigenvalue weighted by atomic mass is 14.3. The molecule has 23 heavy (non-hydrogen) atoms. The van der Waals surface area contributed by atoms with Crippen molar-refractivity contribution in [2.45, 2.75) is 73.1 Å². The molecule has 0 aliphatic carbocycles. The van der Waals surface area contributed by atoms with Gasteiger partial charge in [-0.15, -0.1) is 0 Å². The molecule has 0 heterocycles. The Kier molecular flexibility index (Phi) is 11.7. The van der Waals surface area contributed by atoms with Gasteiger partial charge in [0, 0.05) is 0 Å². The van der Waals surface area contributed by atoms with E-state index in [1.54, 1.807) is 0 Å². The molecule has 0 rings (SSSR count). The summed E-state index contributed by atoms with van der Waals surface area (Å²) in [6, 6.07) is 4.13. The van der Waals surface area contributed by atoms with Crippen LogP contribution in [0.5, 0.6) is 0 Å². The normalized spacial score (nSPS) is 13.4. The van der Waals surface area contributed by atoms with Crippen LogP contribution in [0, 0.1) is 34.5 Å². The summed E-state index contributed by atoms with van der Waals surface area (Å²) in [4.78, 5) is 0. The van der Waals surface area contributed by atoms with Gasteiger partial charge in [0.15, 0.2) is 0 Å². The Morgan fingerprint density at radius 3 is 1.78 bits per heavy atom. The van der Waals surface area contributed by atoms with E-state index in [0.29, 0.717) is 0 Å². The van der Waals surface area contributed by atoms with E-state index in [9.17, 15) is 0 Å². The third-order valence-corrected chi connectivity index (χ3v) is 4.08. The second-order valence-corrected chi connectivity index (χ2v) is 6.75. The zero-order valence-corrected chi connectivity index (χ0v) is 15.5. The lowest BCUT2D eigenvalue weighted by atomic mass is 9.92. The van der Waals surface area contributed by atoms with Crippen molar-refractivity contribution in [1.29, 1.82) is 10.5 Å². The summed E-state index contributed by atoms with van der Waals surface area (Å²) in [6.45, 7) is 10.7. The standard InChI is InChI=1S/C21H32N2/c1-17(2)9-6-10-18(3)11-7-12-19(4)13-8-14-20(5)21(15-22)16-23/h9,11,13,20-21H,6-8,10,12,14H2,1-5H3/b18-11+,19-13+. The van der Waals surface area contributed by atoms with Gasteiger partial charge in [-0.25, -0.2) is 0 Å². The van der Waals surface area contributed by atoms with Crippen molar-refractivity contribution in [2.24, 2.45) is 11.8 Å². The molecule has 1 unspecified atom stereocenters. The van der Waals surface area contributed by atoms with Gasteiger partial charge in [0.1, 0.15) is 5.92 Å². The molecule has 2 heteroatoms. The van der Waals surface area contributed by atoms with Crippen LogP contribution in [0.3, 0.4) is 0 Å².